The first-order valence-electron chi connectivity index (χ1n) is 5.42. The minimum atomic E-state index is -0.455. The van der Waals surface area contributed by atoms with Crippen LogP contribution in [0.5, 0.6) is 5.75 Å². The highest BCUT2D eigenvalue weighted by Crippen LogP contribution is 2.32. The molecule has 1 aromatic rings. The first-order valence-corrected chi connectivity index (χ1v) is 5.42. The normalized spacial score (nSPS) is 9.94. The van der Waals surface area contributed by atoms with Gasteiger partial charge in [-0.1, -0.05) is 0 Å². The van der Waals surface area contributed by atoms with Gasteiger partial charge in [-0.25, -0.2) is 4.79 Å². The molecule has 0 atom stereocenters. The van der Waals surface area contributed by atoms with Crippen LogP contribution >= 0.6 is 0 Å². The number of nitrogens with one attached hydrogen (secondary N) is 1. The highest BCUT2D eigenvalue weighted by molar-refractivity contribution is 5.93. The van der Waals surface area contributed by atoms with Crippen LogP contribution in [0.1, 0.15) is 10.4 Å². The van der Waals surface area contributed by atoms with E-state index in [0.717, 1.165) is 0 Å². The van der Waals surface area contributed by atoms with Gasteiger partial charge >= 0.3 is 5.97 Å². The molecule has 100 valence electrons. The van der Waals surface area contributed by atoms with E-state index in [4.69, 9.17) is 15.2 Å². The summed E-state index contributed by atoms with van der Waals surface area (Å²) in [5.74, 6) is 0.0370. The van der Waals surface area contributed by atoms with Gasteiger partial charge in [0.25, 0.3) is 0 Å². The van der Waals surface area contributed by atoms with Gasteiger partial charge in [0.1, 0.15) is 11.4 Å². The molecule has 0 spiro atoms. The molecule has 0 aliphatic rings. The third kappa shape index (κ3) is 3.27. The number of carbonyl (C=O) groups is 1. The van der Waals surface area contributed by atoms with Crippen LogP contribution in [0, 0.1) is 0 Å². The number of nitrogen functional groups attached to an aromatic ring is 1. The lowest BCUT2D eigenvalue weighted by atomic mass is 10.1. The maximum Gasteiger partial charge on any atom is 0.338 e. The molecular formula is C12H18N2O4. The molecule has 0 aliphatic heterocycles. The second-order valence-electron chi connectivity index (χ2n) is 3.55. The molecule has 0 heterocycles. The molecule has 0 aromatic heterocycles. The lowest BCUT2D eigenvalue weighted by Crippen LogP contribution is -2.11. The summed E-state index contributed by atoms with van der Waals surface area (Å²) in [7, 11) is 4.44. The van der Waals surface area contributed by atoms with E-state index in [1.807, 2.05) is 0 Å². The molecule has 6 nitrogen and oxygen atoms in total. The van der Waals surface area contributed by atoms with Gasteiger partial charge in [0.2, 0.25) is 0 Å². The smallest absolute Gasteiger partial charge is 0.338 e. The van der Waals surface area contributed by atoms with Crippen LogP contribution in [-0.2, 0) is 9.47 Å². The van der Waals surface area contributed by atoms with Crippen LogP contribution in [-0.4, -0.2) is 40.5 Å². The summed E-state index contributed by atoms with van der Waals surface area (Å²) < 4.78 is 14.8. The van der Waals surface area contributed by atoms with Crippen LogP contribution in [0.4, 0.5) is 11.4 Å². The van der Waals surface area contributed by atoms with Gasteiger partial charge in [-0.2, -0.15) is 0 Å². The van der Waals surface area contributed by atoms with Crippen molar-refractivity contribution in [2.24, 2.45) is 0 Å². The Morgan fingerprint density at radius 2 is 2.06 bits per heavy atom. The van der Waals surface area contributed by atoms with Crippen molar-refractivity contribution in [2.45, 2.75) is 0 Å². The number of hydrogen-bond donors (Lipinski definition) is 2. The first-order chi connectivity index (χ1) is 8.63. The number of nitrogens with two attached hydrogens (primary N) is 1. The van der Waals surface area contributed by atoms with E-state index in [1.54, 1.807) is 19.2 Å². The lowest BCUT2D eigenvalue weighted by molar-refractivity contribution is 0.0600. The molecule has 0 fully saturated rings. The van der Waals surface area contributed by atoms with E-state index in [0.29, 0.717) is 35.8 Å². The second-order valence-corrected chi connectivity index (χ2v) is 3.55. The van der Waals surface area contributed by atoms with Crippen LogP contribution < -0.4 is 15.8 Å². The molecule has 3 N–H and O–H groups in total. The molecular weight excluding hydrogens is 236 g/mol. The fourth-order valence-corrected chi connectivity index (χ4v) is 1.50. The molecule has 0 aliphatic carbocycles. The van der Waals surface area contributed by atoms with Gasteiger partial charge in [0.15, 0.2) is 0 Å². The van der Waals surface area contributed by atoms with Crippen molar-refractivity contribution in [3.8, 4) is 5.75 Å². The van der Waals surface area contributed by atoms with Gasteiger partial charge < -0.3 is 25.3 Å². The Kier molecular flexibility index (Phi) is 5.26. The van der Waals surface area contributed by atoms with E-state index >= 15 is 0 Å². The zero-order valence-electron chi connectivity index (χ0n) is 10.8. The maximum absolute atomic E-state index is 11.4. The van der Waals surface area contributed by atoms with Gasteiger partial charge in [-0.3, -0.25) is 0 Å². The summed E-state index contributed by atoms with van der Waals surface area (Å²) in [5.41, 5.74) is 7.30. The molecule has 1 aromatic carbocycles. The molecule has 0 radical (unpaired) electrons. The molecule has 6 heteroatoms. The monoisotopic (exact) mass is 254 g/mol. The van der Waals surface area contributed by atoms with Crippen LogP contribution in [0.3, 0.4) is 0 Å². The van der Waals surface area contributed by atoms with E-state index in [1.165, 1.54) is 14.2 Å². The predicted octanol–water partition coefficient (Wildman–Crippen LogP) is 1.12. The summed E-state index contributed by atoms with van der Waals surface area (Å²) in [6.45, 7) is 1.13. The second kappa shape index (κ2) is 6.70. The van der Waals surface area contributed by atoms with Crippen molar-refractivity contribution in [2.75, 3.05) is 45.5 Å². The van der Waals surface area contributed by atoms with E-state index in [9.17, 15) is 4.79 Å². The van der Waals surface area contributed by atoms with Crippen molar-refractivity contribution < 1.29 is 19.0 Å². The van der Waals surface area contributed by atoms with E-state index in [-0.39, 0.29) is 0 Å². The van der Waals surface area contributed by atoms with Crippen molar-refractivity contribution in [3.05, 3.63) is 17.7 Å². The zero-order valence-corrected chi connectivity index (χ0v) is 10.8. The average Bonchev–Trinajstić information content (AvgIpc) is 2.39. The number of carbonyl (C=O) groups excluding carboxylic acids is 1. The number of hydrogen-bond acceptors (Lipinski definition) is 6. The predicted molar refractivity (Wildman–Crippen MR) is 69.1 cm³/mol. The highest BCUT2D eigenvalue weighted by Gasteiger charge is 2.14. The molecule has 0 saturated carbocycles. The summed E-state index contributed by atoms with van der Waals surface area (Å²) in [4.78, 5) is 11.4. The molecule has 0 saturated heterocycles. The topological polar surface area (TPSA) is 82.8 Å². The third-order valence-electron chi connectivity index (χ3n) is 2.38. The maximum atomic E-state index is 11.4. The zero-order chi connectivity index (χ0) is 13.5. The lowest BCUT2D eigenvalue weighted by Gasteiger charge is -2.14. The quantitative estimate of drug-likeness (QED) is 0.450. The SMILES string of the molecule is COCCNc1c(N)cc(C(=O)OC)cc1OC. The minimum absolute atomic E-state index is 0.351. The number of rotatable bonds is 6. The highest BCUT2D eigenvalue weighted by atomic mass is 16.5. The Bertz CT molecular complexity index is 421. The third-order valence-corrected chi connectivity index (χ3v) is 2.38. The van der Waals surface area contributed by atoms with E-state index in [2.05, 4.69) is 10.1 Å². The first kappa shape index (κ1) is 14.1. The average molecular weight is 254 g/mol. The molecule has 0 bridgehead atoms. The summed E-state index contributed by atoms with van der Waals surface area (Å²) in [6.07, 6.45) is 0. The molecule has 0 amide bonds. The number of anilines is 2. The van der Waals surface area contributed by atoms with Crippen LogP contribution in [0.25, 0.3) is 0 Å². The number of benzene rings is 1. The Balaban J connectivity index is 3.00. The largest absolute Gasteiger partial charge is 0.494 e. The Hall–Kier alpha value is -1.95. The van der Waals surface area contributed by atoms with Crippen molar-refractivity contribution in [3.63, 3.8) is 0 Å². The standard InChI is InChI=1S/C12H18N2O4/c1-16-5-4-14-11-9(13)6-8(12(15)18-3)7-10(11)17-2/h6-7,14H,4-5,13H2,1-3H3. The molecule has 18 heavy (non-hydrogen) atoms. The van der Waals surface area contributed by atoms with Gasteiger partial charge in [0, 0.05) is 13.7 Å². The summed E-state index contributed by atoms with van der Waals surface area (Å²) in [5, 5.41) is 3.09. The minimum Gasteiger partial charge on any atom is -0.494 e. The number of methoxy groups -OCH3 is 3. The van der Waals surface area contributed by atoms with Gasteiger partial charge in [-0.15, -0.1) is 0 Å². The fourth-order valence-electron chi connectivity index (χ4n) is 1.50. The number of ether oxygens (including phenoxy) is 3. The number of esters is 1. The van der Waals surface area contributed by atoms with Crippen LogP contribution in [0.15, 0.2) is 12.1 Å². The van der Waals surface area contributed by atoms with Crippen molar-refractivity contribution in [1.29, 1.82) is 0 Å². The molecule has 0 unspecified atom stereocenters. The van der Waals surface area contributed by atoms with Crippen molar-refractivity contribution in [1.82, 2.24) is 0 Å². The van der Waals surface area contributed by atoms with Gasteiger partial charge in [-0.05, 0) is 12.1 Å². The van der Waals surface area contributed by atoms with E-state index < -0.39 is 5.97 Å². The molecule has 1 rings (SSSR count). The fraction of sp³-hybridized carbons (Fsp3) is 0.417. The Morgan fingerprint density at radius 1 is 1.33 bits per heavy atom. The Labute approximate surface area is 106 Å². The van der Waals surface area contributed by atoms with Crippen LogP contribution in [0.2, 0.25) is 0 Å². The van der Waals surface area contributed by atoms with Crippen molar-refractivity contribution >= 4 is 17.3 Å². The summed E-state index contributed by atoms with van der Waals surface area (Å²) in [6, 6.07) is 3.13. The van der Waals surface area contributed by atoms with Gasteiger partial charge in [0.05, 0.1) is 32.1 Å². The summed E-state index contributed by atoms with van der Waals surface area (Å²) >= 11 is 0. The Morgan fingerprint density at radius 3 is 2.61 bits per heavy atom.